The molecule has 4 rings (SSSR count). The number of nitrogens with one attached hydrogen (secondary N) is 2. The first-order chi connectivity index (χ1) is 15.1. The summed E-state index contributed by atoms with van der Waals surface area (Å²) >= 11 is 6.13. The van der Waals surface area contributed by atoms with Gasteiger partial charge in [-0.25, -0.2) is 4.98 Å². The normalized spacial score (nSPS) is 13.1. The van der Waals surface area contributed by atoms with Crippen LogP contribution in [0.2, 0.25) is 0 Å². The van der Waals surface area contributed by atoms with Gasteiger partial charge in [-0.2, -0.15) is 0 Å². The van der Waals surface area contributed by atoms with E-state index < -0.39 is 0 Å². The van der Waals surface area contributed by atoms with Crippen LogP contribution in [0.1, 0.15) is 23.2 Å². The zero-order valence-corrected chi connectivity index (χ0v) is 17.4. The molecule has 5 nitrogen and oxygen atoms in total. The third-order valence-electron chi connectivity index (χ3n) is 4.81. The molecule has 154 valence electrons. The molecule has 0 saturated carbocycles. The Morgan fingerprint density at radius 1 is 0.774 bits per heavy atom. The van der Waals surface area contributed by atoms with Gasteiger partial charge in [0, 0.05) is 21.8 Å². The lowest BCUT2D eigenvalue weighted by Crippen LogP contribution is -2.15. The molecular weight excluding hydrogens is 410 g/mol. The summed E-state index contributed by atoms with van der Waals surface area (Å²) in [6.45, 7) is 0. The number of hydrogen-bond acceptors (Lipinski definition) is 3. The third-order valence-corrected chi connectivity index (χ3v) is 5.16. The van der Waals surface area contributed by atoms with Crippen molar-refractivity contribution >= 4 is 34.9 Å². The summed E-state index contributed by atoms with van der Waals surface area (Å²) in [5, 5.41) is 6.17. The maximum absolute atomic E-state index is 12.4. The zero-order valence-electron chi connectivity index (χ0n) is 16.6. The molecule has 2 aromatic carbocycles. The number of amides is 2. The van der Waals surface area contributed by atoms with Gasteiger partial charge in [0.15, 0.2) is 0 Å². The molecule has 6 heteroatoms. The lowest BCUT2D eigenvalue weighted by atomic mass is 10.1. The third kappa shape index (κ3) is 5.08. The zero-order chi connectivity index (χ0) is 21.6. The molecule has 1 aromatic heterocycles. The first-order valence-electron chi connectivity index (χ1n) is 9.91. The minimum absolute atomic E-state index is 0.215. The molecule has 0 fully saturated rings. The fraction of sp³-hybridized carbons (Fsp3) is 0.0800. The Morgan fingerprint density at radius 3 is 2.26 bits per heavy atom. The number of carbonyl (C=O) groups is 2. The molecule has 1 heterocycles. The molecule has 1 aliphatic rings. The van der Waals surface area contributed by atoms with Crippen LogP contribution in [-0.4, -0.2) is 16.8 Å². The average molecular weight is 430 g/mol. The number of allylic oxidation sites excluding steroid dienone is 2. The predicted octanol–water partition coefficient (Wildman–Crippen LogP) is 5.78. The number of nitrogens with zero attached hydrogens (tertiary/aromatic N) is 1. The number of carbonyl (C=O) groups excluding carboxylic acids is 2. The lowest BCUT2D eigenvalue weighted by Gasteiger charge is -2.12. The first kappa shape index (κ1) is 20.6. The number of benzene rings is 2. The highest BCUT2D eigenvalue weighted by Crippen LogP contribution is 2.25. The largest absolute Gasteiger partial charge is 0.322 e. The van der Waals surface area contributed by atoms with Crippen LogP contribution < -0.4 is 10.6 Å². The molecule has 0 unspecified atom stereocenters. The Morgan fingerprint density at radius 2 is 1.52 bits per heavy atom. The van der Waals surface area contributed by atoms with Crippen LogP contribution in [0.15, 0.2) is 95.6 Å². The van der Waals surface area contributed by atoms with Crippen molar-refractivity contribution in [2.24, 2.45) is 0 Å². The molecule has 0 aliphatic heterocycles. The topological polar surface area (TPSA) is 71.1 Å². The SMILES string of the molecule is O=C(Nc1ccc(-c2cccc(NC(=O)c3ccccc3)n2)cc1)C1=CCCC=C1Cl. The van der Waals surface area contributed by atoms with Crippen molar-refractivity contribution in [2.45, 2.75) is 12.8 Å². The van der Waals surface area contributed by atoms with Crippen molar-refractivity contribution in [3.05, 3.63) is 101 Å². The standard InChI is InChI=1S/C25H20ClN3O2/c26-21-10-5-4-9-20(21)25(31)27-19-15-13-17(14-16-19)22-11-6-12-23(28-22)29-24(30)18-7-2-1-3-8-18/h1-3,6-16H,4-5H2,(H,27,31)(H,28,29,30). The van der Waals surface area contributed by atoms with Gasteiger partial charge in [0.1, 0.15) is 5.82 Å². The van der Waals surface area contributed by atoms with Crippen molar-refractivity contribution in [2.75, 3.05) is 10.6 Å². The van der Waals surface area contributed by atoms with Gasteiger partial charge in [-0.3, -0.25) is 9.59 Å². The van der Waals surface area contributed by atoms with Gasteiger partial charge >= 0.3 is 0 Å². The van der Waals surface area contributed by atoms with Crippen molar-refractivity contribution < 1.29 is 9.59 Å². The number of rotatable bonds is 5. The second-order valence-corrected chi connectivity index (χ2v) is 7.41. The van der Waals surface area contributed by atoms with E-state index in [0.717, 1.165) is 18.4 Å². The molecule has 0 radical (unpaired) electrons. The highest BCUT2D eigenvalue weighted by atomic mass is 35.5. The molecule has 2 amide bonds. The second kappa shape index (κ2) is 9.41. The maximum Gasteiger partial charge on any atom is 0.256 e. The minimum Gasteiger partial charge on any atom is -0.322 e. The summed E-state index contributed by atoms with van der Waals surface area (Å²) in [4.78, 5) is 29.3. The molecule has 1 aliphatic carbocycles. The molecule has 31 heavy (non-hydrogen) atoms. The average Bonchev–Trinajstić information content (AvgIpc) is 2.80. The van der Waals surface area contributed by atoms with E-state index in [0.29, 0.717) is 33.4 Å². The summed E-state index contributed by atoms with van der Waals surface area (Å²) in [6, 6.07) is 21.8. The van der Waals surface area contributed by atoms with Crippen molar-refractivity contribution in [3.63, 3.8) is 0 Å². The van der Waals surface area contributed by atoms with Crippen LogP contribution >= 0.6 is 11.6 Å². The second-order valence-electron chi connectivity index (χ2n) is 7.01. The number of pyridine rings is 1. The molecule has 0 bridgehead atoms. The van der Waals surface area contributed by atoms with E-state index in [1.807, 2.05) is 66.7 Å². The van der Waals surface area contributed by atoms with Crippen LogP contribution in [0, 0.1) is 0 Å². The fourth-order valence-corrected chi connectivity index (χ4v) is 3.48. The lowest BCUT2D eigenvalue weighted by molar-refractivity contribution is -0.112. The Labute approximate surface area is 185 Å². The highest BCUT2D eigenvalue weighted by molar-refractivity contribution is 6.36. The summed E-state index contributed by atoms with van der Waals surface area (Å²) in [7, 11) is 0. The van der Waals surface area contributed by atoms with Crippen molar-refractivity contribution in [1.29, 1.82) is 0 Å². The van der Waals surface area contributed by atoms with Crippen LogP contribution in [0.3, 0.4) is 0 Å². The van der Waals surface area contributed by atoms with E-state index in [2.05, 4.69) is 15.6 Å². The van der Waals surface area contributed by atoms with Gasteiger partial charge < -0.3 is 10.6 Å². The van der Waals surface area contributed by atoms with E-state index in [1.54, 1.807) is 18.2 Å². The van der Waals surface area contributed by atoms with Gasteiger partial charge in [0.2, 0.25) is 0 Å². The number of aromatic nitrogens is 1. The Hall–Kier alpha value is -3.70. The molecule has 3 aromatic rings. The number of anilines is 2. The molecule has 2 N–H and O–H groups in total. The molecule has 0 atom stereocenters. The first-order valence-corrected chi connectivity index (χ1v) is 10.3. The predicted molar refractivity (Wildman–Crippen MR) is 124 cm³/mol. The number of halogens is 1. The van der Waals surface area contributed by atoms with E-state index in [4.69, 9.17) is 11.6 Å². The van der Waals surface area contributed by atoms with E-state index in [9.17, 15) is 9.59 Å². The van der Waals surface area contributed by atoms with Crippen LogP contribution in [0.5, 0.6) is 0 Å². The highest BCUT2D eigenvalue weighted by Gasteiger charge is 2.15. The monoisotopic (exact) mass is 429 g/mol. The fourth-order valence-electron chi connectivity index (χ4n) is 3.21. The van der Waals surface area contributed by atoms with Gasteiger partial charge in [0.05, 0.1) is 11.3 Å². The molecular formula is C25H20ClN3O2. The van der Waals surface area contributed by atoms with E-state index >= 15 is 0 Å². The summed E-state index contributed by atoms with van der Waals surface area (Å²) in [6.07, 6.45) is 5.36. The van der Waals surface area contributed by atoms with Crippen LogP contribution in [0.4, 0.5) is 11.5 Å². The Bertz CT molecular complexity index is 1170. The van der Waals surface area contributed by atoms with Gasteiger partial charge in [-0.05, 0) is 49.2 Å². The van der Waals surface area contributed by atoms with Gasteiger partial charge in [0.25, 0.3) is 11.8 Å². The maximum atomic E-state index is 12.4. The molecule has 0 saturated heterocycles. The van der Waals surface area contributed by atoms with Gasteiger partial charge in [-0.15, -0.1) is 0 Å². The summed E-state index contributed by atoms with van der Waals surface area (Å²) in [5.74, 6) is 0.0277. The smallest absolute Gasteiger partial charge is 0.256 e. The number of hydrogen-bond donors (Lipinski definition) is 2. The van der Waals surface area contributed by atoms with Crippen molar-refractivity contribution in [3.8, 4) is 11.3 Å². The van der Waals surface area contributed by atoms with Gasteiger partial charge in [-0.1, -0.05) is 60.2 Å². The van der Waals surface area contributed by atoms with Crippen molar-refractivity contribution in [1.82, 2.24) is 4.98 Å². The summed E-state index contributed by atoms with van der Waals surface area (Å²) in [5.41, 5.74) is 3.31. The molecule has 0 spiro atoms. The summed E-state index contributed by atoms with van der Waals surface area (Å²) < 4.78 is 0. The Kier molecular flexibility index (Phi) is 6.24. The van der Waals surface area contributed by atoms with E-state index in [-0.39, 0.29) is 11.8 Å². The van der Waals surface area contributed by atoms with Crippen LogP contribution in [0.25, 0.3) is 11.3 Å². The minimum atomic E-state index is -0.225. The van der Waals surface area contributed by atoms with E-state index in [1.165, 1.54) is 0 Å². The Balaban J connectivity index is 1.45. The quantitative estimate of drug-likeness (QED) is 0.539. The van der Waals surface area contributed by atoms with Crippen LogP contribution in [-0.2, 0) is 4.79 Å².